The molecule has 0 atom stereocenters. The number of aryl methyl sites for hydroxylation is 2. The Labute approximate surface area is 160 Å². The maximum atomic E-state index is 12.3. The van der Waals surface area contributed by atoms with Crippen molar-refractivity contribution in [3.8, 4) is 0 Å². The molecule has 3 aromatic rings. The zero-order chi connectivity index (χ0) is 19.2. The van der Waals surface area contributed by atoms with Gasteiger partial charge in [-0.3, -0.25) is 24.9 Å². The number of carbonyl (C=O) groups excluding carboxylic acids is 2. The first-order valence-corrected chi connectivity index (χ1v) is 9.30. The SMILES string of the molecule is Cc1ncccc1C(=O)NCCc1csc(NC(=O)c2cccnc2C)n1. The number of nitrogens with zero attached hydrogens (tertiary/aromatic N) is 3. The van der Waals surface area contributed by atoms with Crippen molar-refractivity contribution >= 4 is 28.3 Å². The minimum atomic E-state index is -0.234. The largest absolute Gasteiger partial charge is 0.352 e. The van der Waals surface area contributed by atoms with E-state index in [9.17, 15) is 9.59 Å². The van der Waals surface area contributed by atoms with E-state index in [4.69, 9.17) is 0 Å². The lowest BCUT2D eigenvalue weighted by molar-refractivity contribution is 0.0952. The van der Waals surface area contributed by atoms with Crippen molar-refractivity contribution in [3.63, 3.8) is 0 Å². The molecule has 0 spiro atoms. The van der Waals surface area contributed by atoms with Gasteiger partial charge in [-0.25, -0.2) is 4.98 Å². The van der Waals surface area contributed by atoms with E-state index in [1.165, 1.54) is 11.3 Å². The number of aromatic nitrogens is 3. The molecular formula is C19H19N5O2S. The molecule has 2 amide bonds. The van der Waals surface area contributed by atoms with Crippen molar-refractivity contribution in [3.05, 3.63) is 70.2 Å². The summed E-state index contributed by atoms with van der Waals surface area (Å²) in [5.41, 5.74) is 3.25. The number of hydrogen-bond acceptors (Lipinski definition) is 6. The molecule has 0 saturated carbocycles. The lowest BCUT2D eigenvalue weighted by Gasteiger charge is -2.06. The molecule has 0 aliphatic heterocycles. The van der Waals surface area contributed by atoms with Gasteiger partial charge < -0.3 is 5.32 Å². The zero-order valence-corrected chi connectivity index (χ0v) is 15.8. The highest BCUT2D eigenvalue weighted by molar-refractivity contribution is 7.14. The van der Waals surface area contributed by atoms with E-state index in [2.05, 4.69) is 25.6 Å². The summed E-state index contributed by atoms with van der Waals surface area (Å²) in [6.45, 7) is 4.04. The Kier molecular flexibility index (Phi) is 5.87. The maximum absolute atomic E-state index is 12.3. The average molecular weight is 381 g/mol. The Morgan fingerprint density at radius 3 is 2.26 bits per heavy atom. The predicted molar refractivity (Wildman–Crippen MR) is 104 cm³/mol. The zero-order valence-electron chi connectivity index (χ0n) is 15.0. The molecule has 0 unspecified atom stereocenters. The number of nitrogens with one attached hydrogen (secondary N) is 2. The quantitative estimate of drug-likeness (QED) is 0.684. The number of rotatable bonds is 6. The van der Waals surface area contributed by atoms with E-state index >= 15 is 0 Å². The van der Waals surface area contributed by atoms with Crippen molar-refractivity contribution in [1.29, 1.82) is 0 Å². The van der Waals surface area contributed by atoms with Gasteiger partial charge in [-0.1, -0.05) is 0 Å². The third-order valence-electron chi connectivity index (χ3n) is 3.94. The van der Waals surface area contributed by atoms with Crippen molar-refractivity contribution in [2.24, 2.45) is 0 Å². The van der Waals surface area contributed by atoms with E-state index in [0.717, 1.165) is 5.69 Å². The van der Waals surface area contributed by atoms with E-state index in [0.29, 0.717) is 40.6 Å². The molecule has 27 heavy (non-hydrogen) atoms. The van der Waals surface area contributed by atoms with E-state index in [1.807, 2.05) is 5.38 Å². The molecule has 0 aliphatic rings. The first kappa shape index (κ1) is 18.7. The summed E-state index contributed by atoms with van der Waals surface area (Å²) in [7, 11) is 0. The Bertz CT molecular complexity index is 970. The normalized spacial score (nSPS) is 10.4. The van der Waals surface area contributed by atoms with Crippen LogP contribution in [0.5, 0.6) is 0 Å². The summed E-state index contributed by atoms with van der Waals surface area (Å²) in [6.07, 6.45) is 3.88. The van der Waals surface area contributed by atoms with Crippen LogP contribution in [-0.4, -0.2) is 33.3 Å². The highest BCUT2D eigenvalue weighted by Gasteiger charge is 2.12. The van der Waals surface area contributed by atoms with Gasteiger partial charge in [0.25, 0.3) is 11.8 Å². The van der Waals surface area contributed by atoms with Crippen LogP contribution in [0, 0.1) is 13.8 Å². The summed E-state index contributed by atoms with van der Waals surface area (Å²) >= 11 is 1.35. The Hall–Kier alpha value is -3.13. The van der Waals surface area contributed by atoms with Gasteiger partial charge in [0.15, 0.2) is 5.13 Å². The monoisotopic (exact) mass is 381 g/mol. The summed E-state index contributed by atoms with van der Waals surface area (Å²) in [4.78, 5) is 37.1. The number of carbonyl (C=O) groups is 2. The van der Waals surface area contributed by atoms with Gasteiger partial charge in [0.05, 0.1) is 16.8 Å². The number of pyridine rings is 2. The van der Waals surface area contributed by atoms with Crippen molar-refractivity contribution in [1.82, 2.24) is 20.3 Å². The van der Waals surface area contributed by atoms with Gasteiger partial charge in [-0.2, -0.15) is 0 Å². The van der Waals surface area contributed by atoms with Crippen LogP contribution in [0.4, 0.5) is 5.13 Å². The Balaban J connectivity index is 1.53. The van der Waals surface area contributed by atoms with Gasteiger partial charge in [0.2, 0.25) is 0 Å². The molecule has 138 valence electrons. The lowest BCUT2D eigenvalue weighted by atomic mass is 10.2. The predicted octanol–water partition coefficient (Wildman–Crippen LogP) is 2.77. The third kappa shape index (κ3) is 4.73. The highest BCUT2D eigenvalue weighted by Crippen LogP contribution is 2.17. The standard InChI is InChI=1S/C19H19N5O2S/c1-12-15(5-3-8-20-12)17(25)22-10-7-14-11-27-19(23-14)24-18(26)16-6-4-9-21-13(16)2/h3-6,8-9,11H,7,10H2,1-2H3,(H,22,25)(H,23,24,26). The molecule has 3 rings (SSSR count). The lowest BCUT2D eigenvalue weighted by Crippen LogP contribution is -2.26. The van der Waals surface area contributed by atoms with Crippen molar-refractivity contribution in [2.75, 3.05) is 11.9 Å². The molecule has 7 nitrogen and oxygen atoms in total. The fourth-order valence-electron chi connectivity index (χ4n) is 2.49. The van der Waals surface area contributed by atoms with Crippen LogP contribution in [-0.2, 0) is 6.42 Å². The molecule has 0 aromatic carbocycles. The van der Waals surface area contributed by atoms with Crippen LogP contribution < -0.4 is 10.6 Å². The van der Waals surface area contributed by atoms with E-state index < -0.39 is 0 Å². The van der Waals surface area contributed by atoms with E-state index in [1.54, 1.807) is 50.5 Å². The summed E-state index contributed by atoms with van der Waals surface area (Å²) in [5.74, 6) is -0.390. The van der Waals surface area contributed by atoms with Crippen molar-refractivity contribution < 1.29 is 9.59 Å². The third-order valence-corrected chi connectivity index (χ3v) is 4.75. The van der Waals surface area contributed by atoms with Gasteiger partial charge in [0, 0.05) is 42.1 Å². The number of amides is 2. The second kappa shape index (κ2) is 8.50. The van der Waals surface area contributed by atoms with Gasteiger partial charge in [-0.15, -0.1) is 11.3 Å². The summed E-state index contributed by atoms with van der Waals surface area (Å²) in [5, 5.41) is 8.04. The van der Waals surface area contributed by atoms with Gasteiger partial charge >= 0.3 is 0 Å². The average Bonchev–Trinajstić information content (AvgIpc) is 3.09. The smallest absolute Gasteiger partial charge is 0.259 e. The second-order valence-corrected chi connectivity index (χ2v) is 6.73. The van der Waals surface area contributed by atoms with Crippen LogP contribution in [0.15, 0.2) is 42.0 Å². The summed E-state index contributed by atoms with van der Waals surface area (Å²) in [6, 6.07) is 6.93. The minimum Gasteiger partial charge on any atom is -0.352 e. The molecule has 0 aliphatic carbocycles. The molecule has 2 N–H and O–H groups in total. The Morgan fingerprint density at radius 1 is 1.00 bits per heavy atom. The van der Waals surface area contributed by atoms with Crippen LogP contribution in [0.3, 0.4) is 0 Å². The molecular weight excluding hydrogens is 362 g/mol. The molecule has 0 bridgehead atoms. The molecule has 3 heterocycles. The van der Waals surface area contributed by atoms with Crippen LogP contribution in [0.25, 0.3) is 0 Å². The second-order valence-electron chi connectivity index (χ2n) is 5.88. The topological polar surface area (TPSA) is 96.9 Å². The van der Waals surface area contributed by atoms with Crippen LogP contribution in [0.1, 0.15) is 37.8 Å². The minimum absolute atomic E-state index is 0.156. The van der Waals surface area contributed by atoms with Gasteiger partial charge in [0.1, 0.15) is 0 Å². The number of thiazole rings is 1. The van der Waals surface area contributed by atoms with E-state index in [-0.39, 0.29) is 11.8 Å². The molecule has 8 heteroatoms. The highest BCUT2D eigenvalue weighted by atomic mass is 32.1. The molecule has 0 radical (unpaired) electrons. The van der Waals surface area contributed by atoms with Crippen molar-refractivity contribution in [2.45, 2.75) is 20.3 Å². The fourth-order valence-corrected chi connectivity index (χ4v) is 3.23. The summed E-state index contributed by atoms with van der Waals surface area (Å²) < 4.78 is 0. The maximum Gasteiger partial charge on any atom is 0.259 e. The molecule has 0 fully saturated rings. The first-order valence-electron chi connectivity index (χ1n) is 8.42. The number of anilines is 1. The Morgan fingerprint density at radius 2 is 1.63 bits per heavy atom. The first-order chi connectivity index (χ1) is 13.0. The molecule has 3 aromatic heterocycles. The molecule has 0 saturated heterocycles. The fraction of sp³-hybridized carbons (Fsp3) is 0.211. The van der Waals surface area contributed by atoms with Gasteiger partial charge in [-0.05, 0) is 38.1 Å². The van der Waals surface area contributed by atoms with Crippen LogP contribution >= 0.6 is 11.3 Å². The number of hydrogen-bond donors (Lipinski definition) is 2. The van der Waals surface area contributed by atoms with Crippen LogP contribution in [0.2, 0.25) is 0 Å².